The number of nitrogens with zero attached hydrogens (tertiary/aromatic N) is 3. The molecule has 3 rings (SSSR count). The highest BCUT2D eigenvalue weighted by Crippen LogP contribution is 2.27. The second kappa shape index (κ2) is 9.40. The highest BCUT2D eigenvalue weighted by molar-refractivity contribution is 7.89. The molecule has 30 heavy (non-hydrogen) atoms. The van der Waals surface area contributed by atoms with E-state index in [9.17, 15) is 18.0 Å². The van der Waals surface area contributed by atoms with Gasteiger partial charge in [-0.15, -0.1) is 5.10 Å². The van der Waals surface area contributed by atoms with E-state index in [0.29, 0.717) is 5.69 Å². The predicted octanol–water partition coefficient (Wildman–Crippen LogP) is 1.84. The standard InChI is InChI=1S/C20H26N4O5S/c1-23(16-6-4-3-5-7-16)30(27,28)17-10-8-15(9-11-17)21-18(25)14-24-20(26)13-12-19(22-24)29-2/h8-13,16H,3-7,14H2,1-2H3,(H,21,25). The number of amides is 1. The molecule has 0 radical (unpaired) electrons. The molecule has 1 saturated carbocycles. The Labute approximate surface area is 175 Å². The van der Waals surface area contributed by atoms with E-state index in [1.807, 2.05) is 0 Å². The summed E-state index contributed by atoms with van der Waals surface area (Å²) in [5.74, 6) is -0.244. The Morgan fingerprint density at radius 1 is 1.17 bits per heavy atom. The number of benzene rings is 1. The number of aromatic nitrogens is 2. The number of hydrogen-bond acceptors (Lipinski definition) is 6. The van der Waals surface area contributed by atoms with Gasteiger partial charge in [0, 0.05) is 30.9 Å². The lowest BCUT2D eigenvalue weighted by molar-refractivity contribution is -0.117. The quantitative estimate of drug-likeness (QED) is 0.712. The summed E-state index contributed by atoms with van der Waals surface area (Å²) < 4.78 is 33.2. The third-order valence-corrected chi connectivity index (χ3v) is 7.17. The first kappa shape index (κ1) is 22.0. The van der Waals surface area contributed by atoms with Gasteiger partial charge in [-0.05, 0) is 37.1 Å². The van der Waals surface area contributed by atoms with Gasteiger partial charge in [-0.3, -0.25) is 9.59 Å². The highest BCUT2D eigenvalue weighted by atomic mass is 32.2. The second-order valence-corrected chi connectivity index (χ2v) is 9.25. The zero-order valence-electron chi connectivity index (χ0n) is 17.1. The van der Waals surface area contributed by atoms with Gasteiger partial charge < -0.3 is 10.1 Å². The van der Waals surface area contributed by atoms with Gasteiger partial charge >= 0.3 is 0 Å². The Morgan fingerprint density at radius 2 is 1.83 bits per heavy atom. The third-order valence-electron chi connectivity index (χ3n) is 5.25. The lowest BCUT2D eigenvalue weighted by atomic mass is 9.96. The normalized spacial score (nSPS) is 15.2. The average molecular weight is 435 g/mol. The molecule has 1 fully saturated rings. The summed E-state index contributed by atoms with van der Waals surface area (Å²) in [6.45, 7) is -0.291. The summed E-state index contributed by atoms with van der Waals surface area (Å²) >= 11 is 0. The van der Waals surface area contributed by atoms with Crippen molar-refractivity contribution in [3.63, 3.8) is 0 Å². The molecule has 0 aliphatic heterocycles. The molecule has 1 aliphatic carbocycles. The van der Waals surface area contributed by atoms with Crippen molar-refractivity contribution in [3.8, 4) is 5.88 Å². The van der Waals surface area contributed by atoms with Gasteiger partial charge in [-0.25, -0.2) is 13.1 Å². The van der Waals surface area contributed by atoms with Crippen molar-refractivity contribution >= 4 is 21.6 Å². The SMILES string of the molecule is COc1ccc(=O)n(CC(=O)Nc2ccc(S(=O)(=O)N(C)C3CCCCC3)cc2)n1. The molecule has 9 nitrogen and oxygen atoms in total. The Kier molecular flexibility index (Phi) is 6.88. The van der Waals surface area contributed by atoms with Crippen LogP contribution in [0.2, 0.25) is 0 Å². The lowest BCUT2D eigenvalue weighted by Crippen LogP contribution is -2.38. The first-order valence-electron chi connectivity index (χ1n) is 9.81. The van der Waals surface area contributed by atoms with Gasteiger partial charge in [0.15, 0.2) is 0 Å². The Balaban J connectivity index is 1.66. The van der Waals surface area contributed by atoms with Crippen molar-refractivity contribution in [2.75, 3.05) is 19.5 Å². The third kappa shape index (κ3) is 5.06. The maximum atomic E-state index is 12.9. The van der Waals surface area contributed by atoms with Gasteiger partial charge in [-0.1, -0.05) is 19.3 Å². The second-order valence-electron chi connectivity index (χ2n) is 7.26. The summed E-state index contributed by atoms with van der Waals surface area (Å²) in [5.41, 5.74) is -0.00615. The molecule has 0 atom stereocenters. The van der Waals surface area contributed by atoms with Crippen LogP contribution in [-0.4, -0.2) is 48.6 Å². The fraction of sp³-hybridized carbons (Fsp3) is 0.450. The zero-order valence-corrected chi connectivity index (χ0v) is 17.9. The minimum Gasteiger partial charge on any atom is -0.480 e. The number of anilines is 1. The van der Waals surface area contributed by atoms with Crippen LogP contribution in [0, 0.1) is 0 Å². The fourth-order valence-electron chi connectivity index (χ4n) is 3.51. The number of rotatable bonds is 7. The summed E-state index contributed by atoms with van der Waals surface area (Å²) in [6, 6.07) is 8.71. The lowest BCUT2D eigenvalue weighted by Gasteiger charge is -2.30. The van der Waals surface area contributed by atoms with E-state index < -0.39 is 21.5 Å². The van der Waals surface area contributed by atoms with Crippen LogP contribution < -0.4 is 15.6 Å². The van der Waals surface area contributed by atoms with Crippen LogP contribution in [0.3, 0.4) is 0 Å². The number of ether oxygens (including phenoxy) is 1. The van der Waals surface area contributed by atoms with Crippen LogP contribution in [-0.2, 0) is 21.4 Å². The van der Waals surface area contributed by atoms with Gasteiger partial charge in [-0.2, -0.15) is 4.31 Å². The van der Waals surface area contributed by atoms with E-state index in [1.165, 1.54) is 47.8 Å². The van der Waals surface area contributed by atoms with Crippen LogP contribution in [0.1, 0.15) is 32.1 Å². The summed E-state index contributed by atoms with van der Waals surface area (Å²) in [4.78, 5) is 24.3. The van der Waals surface area contributed by atoms with Crippen LogP contribution in [0.15, 0.2) is 46.1 Å². The molecule has 2 aromatic rings. The van der Waals surface area contributed by atoms with E-state index in [0.717, 1.165) is 36.8 Å². The maximum absolute atomic E-state index is 12.9. The Bertz CT molecular complexity index is 1040. The van der Waals surface area contributed by atoms with Crippen molar-refractivity contribution in [2.45, 2.75) is 49.6 Å². The van der Waals surface area contributed by atoms with Crippen LogP contribution in [0.4, 0.5) is 5.69 Å². The fourth-order valence-corrected chi connectivity index (χ4v) is 4.92. The predicted molar refractivity (Wildman–Crippen MR) is 112 cm³/mol. The minimum absolute atomic E-state index is 0.0248. The van der Waals surface area contributed by atoms with Crippen molar-refractivity contribution in [2.24, 2.45) is 0 Å². The molecule has 1 aliphatic rings. The average Bonchev–Trinajstić information content (AvgIpc) is 2.75. The van der Waals surface area contributed by atoms with Gasteiger partial charge in [0.1, 0.15) is 6.54 Å². The summed E-state index contributed by atoms with van der Waals surface area (Å²) in [7, 11) is -0.554. The molecule has 0 bridgehead atoms. The largest absolute Gasteiger partial charge is 0.480 e. The number of nitrogens with one attached hydrogen (secondary N) is 1. The molecule has 1 heterocycles. The van der Waals surface area contributed by atoms with Gasteiger partial charge in [0.2, 0.25) is 21.8 Å². The van der Waals surface area contributed by atoms with Crippen molar-refractivity contribution < 1.29 is 17.9 Å². The van der Waals surface area contributed by atoms with E-state index in [2.05, 4.69) is 10.4 Å². The van der Waals surface area contributed by atoms with Gasteiger partial charge in [0.05, 0.1) is 12.0 Å². The first-order valence-corrected chi connectivity index (χ1v) is 11.3. The molecular formula is C20H26N4O5S. The van der Waals surface area contributed by atoms with Crippen molar-refractivity contribution in [1.82, 2.24) is 14.1 Å². The maximum Gasteiger partial charge on any atom is 0.267 e. The van der Waals surface area contributed by atoms with E-state index in [4.69, 9.17) is 4.74 Å². The Hall–Kier alpha value is -2.72. The van der Waals surface area contributed by atoms with Crippen LogP contribution in [0.25, 0.3) is 0 Å². The van der Waals surface area contributed by atoms with Crippen molar-refractivity contribution in [1.29, 1.82) is 0 Å². The first-order chi connectivity index (χ1) is 14.3. The summed E-state index contributed by atoms with van der Waals surface area (Å²) in [6.07, 6.45) is 4.99. The topological polar surface area (TPSA) is 111 Å². The van der Waals surface area contributed by atoms with Crippen LogP contribution >= 0.6 is 0 Å². The van der Waals surface area contributed by atoms with Crippen molar-refractivity contribution in [3.05, 3.63) is 46.8 Å². The molecule has 0 unspecified atom stereocenters. The van der Waals surface area contributed by atoms with E-state index in [1.54, 1.807) is 7.05 Å². The molecule has 10 heteroatoms. The molecule has 0 spiro atoms. The van der Waals surface area contributed by atoms with E-state index >= 15 is 0 Å². The van der Waals surface area contributed by atoms with Crippen LogP contribution in [0.5, 0.6) is 5.88 Å². The molecule has 1 amide bonds. The Morgan fingerprint density at radius 3 is 2.47 bits per heavy atom. The summed E-state index contributed by atoms with van der Waals surface area (Å²) in [5, 5.41) is 6.56. The number of carbonyl (C=O) groups is 1. The van der Waals surface area contributed by atoms with E-state index in [-0.39, 0.29) is 23.4 Å². The number of hydrogen-bond donors (Lipinski definition) is 1. The minimum atomic E-state index is -3.59. The molecular weight excluding hydrogens is 408 g/mol. The molecule has 162 valence electrons. The number of methoxy groups -OCH3 is 1. The number of carbonyl (C=O) groups excluding carboxylic acids is 1. The molecule has 1 aromatic carbocycles. The molecule has 1 aromatic heterocycles. The molecule has 1 N–H and O–H groups in total. The van der Waals surface area contributed by atoms with Gasteiger partial charge in [0.25, 0.3) is 5.56 Å². The smallest absolute Gasteiger partial charge is 0.267 e. The molecule has 0 saturated heterocycles. The monoisotopic (exact) mass is 434 g/mol. The number of sulfonamides is 1. The highest BCUT2D eigenvalue weighted by Gasteiger charge is 2.28. The zero-order chi connectivity index (χ0) is 21.7.